The second-order valence-corrected chi connectivity index (χ2v) is 8.83. The van der Waals surface area contributed by atoms with Gasteiger partial charge in [-0.05, 0) is 26.2 Å². The Labute approximate surface area is 213 Å². The summed E-state index contributed by atoms with van der Waals surface area (Å²) >= 11 is 7.22. The summed E-state index contributed by atoms with van der Waals surface area (Å²) in [4.78, 5) is 29.5. The summed E-state index contributed by atoms with van der Waals surface area (Å²) in [6.45, 7) is 3.80. The molecule has 0 bridgehead atoms. The average molecular weight is 534 g/mol. The Bertz CT molecular complexity index is 1430. The monoisotopic (exact) mass is 533 g/mol. The lowest BCUT2D eigenvalue weighted by Crippen LogP contribution is -2.15. The molecule has 4 aromatic rings. The van der Waals surface area contributed by atoms with Gasteiger partial charge in [0, 0.05) is 34.8 Å². The summed E-state index contributed by atoms with van der Waals surface area (Å²) in [6.07, 6.45) is 5.95. The molecular weight excluding hydrogens is 515 g/mol. The van der Waals surface area contributed by atoms with Crippen LogP contribution in [0.25, 0.3) is 11.3 Å². The summed E-state index contributed by atoms with van der Waals surface area (Å²) in [5.41, 5.74) is 0.476. The standard InChI is InChI=1S/C23H19ClF3N7OS/c1-11-15(7-29-23(31-11)36-3)12(2)34-10-13(6-30-34)32-22(35)18-9-28-8-17(33-18)19-14(21(26)27)4-5-16(24)20(19)25/h4-10,12,21H,1-3H3,(H,32,35). The molecule has 0 fully saturated rings. The maximum atomic E-state index is 14.6. The fourth-order valence-electron chi connectivity index (χ4n) is 3.52. The number of nitrogens with one attached hydrogen (secondary N) is 1. The van der Waals surface area contributed by atoms with E-state index in [1.54, 1.807) is 17.1 Å². The van der Waals surface area contributed by atoms with Crippen molar-refractivity contribution in [3.05, 3.63) is 76.5 Å². The fourth-order valence-corrected chi connectivity index (χ4v) is 4.06. The number of rotatable bonds is 7. The fraction of sp³-hybridized carbons (Fsp3) is 0.217. The summed E-state index contributed by atoms with van der Waals surface area (Å²) in [5, 5.41) is 7.25. The topological polar surface area (TPSA) is 98.5 Å². The van der Waals surface area contributed by atoms with E-state index in [0.29, 0.717) is 10.8 Å². The first-order valence-electron chi connectivity index (χ1n) is 10.5. The van der Waals surface area contributed by atoms with Crippen LogP contribution in [0.15, 0.2) is 48.3 Å². The van der Waals surface area contributed by atoms with Gasteiger partial charge in [-0.1, -0.05) is 29.4 Å². The van der Waals surface area contributed by atoms with Gasteiger partial charge in [-0.2, -0.15) is 5.10 Å². The molecule has 3 heterocycles. The van der Waals surface area contributed by atoms with Gasteiger partial charge < -0.3 is 5.32 Å². The van der Waals surface area contributed by atoms with Crippen molar-refractivity contribution < 1.29 is 18.0 Å². The van der Waals surface area contributed by atoms with Gasteiger partial charge in [0.2, 0.25) is 0 Å². The zero-order chi connectivity index (χ0) is 26.0. The Kier molecular flexibility index (Phi) is 7.55. The summed E-state index contributed by atoms with van der Waals surface area (Å²) in [6, 6.07) is 1.83. The van der Waals surface area contributed by atoms with Gasteiger partial charge in [-0.15, -0.1) is 0 Å². The van der Waals surface area contributed by atoms with E-state index < -0.39 is 29.3 Å². The van der Waals surface area contributed by atoms with Crippen molar-refractivity contribution in [3.8, 4) is 11.3 Å². The van der Waals surface area contributed by atoms with Gasteiger partial charge in [0.15, 0.2) is 11.0 Å². The second kappa shape index (κ2) is 10.6. The molecule has 36 heavy (non-hydrogen) atoms. The van der Waals surface area contributed by atoms with Crippen LogP contribution in [0.4, 0.5) is 18.9 Å². The number of carbonyl (C=O) groups excluding carboxylic acids is 1. The Hall–Kier alpha value is -3.51. The molecular formula is C23H19ClF3N7OS. The number of anilines is 1. The molecule has 0 aliphatic heterocycles. The van der Waals surface area contributed by atoms with Crippen LogP contribution >= 0.6 is 23.4 Å². The average Bonchev–Trinajstić information content (AvgIpc) is 3.33. The molecule has 1 unspecified atom stereocenters. The van der Waals surface area contributed by atoms with Crippen molar-refractivity contribution >= 4 is 35.0 Å². The van der Waals surface area contributed by atoms with Crippen molar-refractivity contribution in [1.82, 2.24) is 29.7 Å². The van der Waals surface area contributed by atoms with E-state index in [0.717, 1.165) is 35.8 Å². The number of aryl methyl sites for hydroxylation is 1. The third-order valence-corrected chi connectivity index (χ3v) is 6.22. The van der Waals surface area contributed by atoms with Gasteiger partial charge in [-0.3, -0.25) is 14.5 Å². The lowest BCUT2D eigenvalue weighted by molar-refractivity contribution is 0.102. The van der Waals surface area contributed by atoms with Gasteiger partial charge in [-0.25, -0.2) is 28.1 Å². The normalized spacial score (nSPS) is 12.1. The summed E-state index contributed by atoms with van der Waals surface area (Å²) in [7, 11) is 0. The van der Waals surface area contributed by atoms with Crippen molar-refractivity contribution in [3.63, 3.8) is 0 Å². The number of alkyl halides is 2. The zero-order valence-corrected chi connectivity index (χ0v) is 20.8. The minimum atomic E-state index is -2.98. The van der Waals surface area contributed by atoms with Crippen LogP contribution in [0, 0.1) is 12.7 Å². The molecule has 1 atom stereocenters. The van der Waals surface area contributed by atoms with Gasteiger partial charge in [0.1, 0.15) is 5.69 Å². The molecule has 0 spiro atoms. The first-order chi connectivity index (χ1) is 17.2. The largest absolute Gasteiger partial charge is 0.318 e. The molecule has 0 saturated heterocycles. The van der Waals surface area contributed by atoms with Crippen LogP contribution < -0.4 is 5.32 Å². The van der Waals surface area contributed by atoms with Crippen LogP contribution in [0.3, 0.4) is 0 Å². The molecule has 0 radical (unpaired) electrons. The molecule has 1 aromatic carbocycles. The maximum Gasteiger partial charge on any atom is 0.275 e. The number of amides is 1. The molecule has 8 nitrogen and oxygen atoms in total. The SMILES string of the molecule is CSc1ncc(C(C)n2cc(NC(=O)c3cncc(-c4c(C(F)F)ccc(Cl)c4F)n3)cn2)c(C)n1. The molecule has 3 aromatic heterocycles. The molecule has 4 rings (SSSR count). The van der Waals surface area contributed by atoms with Crippen molar-refractivity contribution in [2.24, 2.45) is 0 Å². The predicted octanol–water partition coefficient (Wildman–Crippen LogP) is 5.75. The number of thioether (sulfide) groups is 1. The first kappa shape index (κ1) is 25.6. The van der Waals surface area contributed by atoms with Crippen LogP contribution in [0.2, 0.25) is 5.02 Å². The quantitative estimate of drug-likeness (QED) is 0.238. The molecule has 186 valence electrons. The summed E-state index contributed by atoms with van der Waals surface area (Å²) < 4.78 is 43.2. The van der Waals surface area contributed by atoms with Crippen LogP contribution in [-0.2, 0) is 0 Å². The molecule has 1 N–H and O–H groups in total. The van der Waals surface area contributed by atoms with E-state index in [1.165, 1.54) is 18.0 Å². The molecule has 0 saturated carbocycles. The van der Waals surface area contributed by atoms with E-state index in [1.807, 2.05) is 20.1 Å². The van der Waals surface area contributed by atoms with Crippen molar-refractivity contribution in [2.45, 2.75) is 31.5 Å². The Balaban J connectivity index is 1.56. The van der Waals surface area contributed by atoms with Crippen molar-refractivity contribution in [1.29, 1.82) is 0 Å². The number of hydrogen-bond donors (Lipinski definition) is 1. The lowest BCUT2D eigenvalue weighted by Gasteiger charge is -2.14. The number of halogens is 4. The molecule has 13 heteroatoms. The predicted molar refractivity (Wildman–Crippen MR) is 130 cm³/mol. The minimum Gasteiger partial charge on any atom is -0.318 e. The number of aromatic nitrogens is 6. The highest BCUT2D eigenvalue weighted by Crippen LogP contribution is 2.35. The zero-order valence-electron chi connectivity index (χ0n) is 19.2. The maximum absolute atomic E-state index is 14.6. The van der Waals surface area contributed by atoms with Crippen molar-refractivity contribution in [2.75, 3.05) is 11.6 Å². The lowest BCUT2D eigenvalue weighted by atomic mass is 10.0. The Morgan fingerprint density at radius 3 is 2.61 bits per heavy atom. The van der Waals surface area contributed by atoms with E-state index in [-0.39, 0.29) is 22.5 Å². The Morgan fingerprint density at radius 2 is 1.92 bits per heavy atom. The number of hydrogen-bond acceptors (Lipinski definition) is 7. The molecule has 0 aliphatic rings. The minimum absolute atomic E-state index is 0.204. The molecule has 0 aliphatic carbocycles. The molecule has 1 amide bonds. The third-order valence-electron chi connectivity index (χ3n) is 5.37. The first-order valence-corrected chi connectivity index (χ1v) is 12.1. The van der Waals surface area contributed by atoms with Crippen LogP contribution in [0.1, 0.15) is 46.7 Å². The Morgan fingerprint density at radius 1 is 1.14 bits per heavy atom. The van der Waals surface area contributed by atoms with Crippen LogP contribution in [-0.4, -0.2) is 41.9 Å². The van der Waals surface area contributed by atoms with E-state index in [2.05, 4.69) is 30.4 Å². The van der Waals surface area contributed by atoms with E-state index >= 15 is 0 Å². The number of carbonyl (C=O) groups is 1. The smallest absolute Gasteiger partial charge is 0.275 e. The van der Waals surface area contributed by atoms with E-state index in [4.69, 9.17) is 11.6 Å². The summed E-state index contributed by atoms with van der Waals surface area (Å²) in [5.74, 6) is -1.75. The highest BCUT2D eigenvalue weighted by molar-refractivity contribution is 7.98. The van der Waals surface area contributed by atoms with Crippen LogP contribution in [0.5, 0.6) is 0 Å². The van der Waals surface area contributed by atoms with Gasteiger partial charge >= 0.3 is 0 Å². The highest BCUT2D eigenvalue weighted by Gasteiger charge is 2.23. The number of nitrogens with zero attached hydrogens (tertiary/aromatic N) is 6. The van der Waals surface area contributed by atoms with Gasteiger partial charge in [0.05, 0.1) is 41.0 Å². The second-order valence-electron chi connectivity index (χ2n) is 7.65. The van der Waals surface area contributed by atoms with Gasteiger partial charge in [0.25, 0.3) is 12.3 Å². The number of benzene rings is 1. The van der Waals surface area contributed by atoms with E-state index in [9.17, 15) is 18.0 Å². The highest BCUT2D eigenvalue weighted by atomic mass is 35.5. The third kappa shape index (κ3) is 5.19.